The molecule has 0 radical (unpaired) electrons. The van der Waals surface area contributed by atoms with E-state index in [2.05, 4.69) is 0 Å². The standard InChI is InChI=1S/C20H14ClF8N3O3/c1-30-5-6-32(17(30)33)13-8-9(19(24,25)26)7-10(20(27,28)29)16(13)35-18(34)31(2)12-4-3-11(22)14(21)15(12)23/h3-4,7-8H,5-6H2,1-2H3. The normalized spacial score (nSPS) is 14.5. The van der Waals surface area contributed by atoms with Crippen molar-refractivity contribution >= 4 is 35.1 Å². The Balaban J connectivity index is 2.16. The van der Waals surface area contributed by atoms with Crippen molar-refractivity contribution in [3.63, 3.8) is 0 Å². The van der Waals surface area contributed by atoms with Crippen LogP contribution in [0, 0.1) is 11.6 Å². The number of ether oxygens (including phenoxy) is 1. The summed E-state index contributed by atoms with van der Waals surface area (Å²) in [5.74, 6) is -4.03. The first kappa shape index (κ1) is 26.3. The summed E-state index contributed by atoms with van der Waals surface area (Å²) >= 11 is 5.45. The molecule has 3 rings (SSSR count). The van der Waals surface area contributed by atoms with Gasteiger partial charge in [-0.25, -0.2) is 18.4 Å². The first-order valence-electron chi connectivity index (χ1n) is 9.48. The smallest absolute Gasteiger partial charge is 0.407 e. The van der Waals surface area contributed by atoms with Crippen LogP contribution in [0.25, 0.3) is 0 Å². The number of halogens is 9. The minimum Gasteiger partial charge on any atom is -0.407 e. The average molecular weight is 532 g/mol. The van der Waals surface area contributed by atoms with Crippen molar-refractivity contribution in [2.24, 2.45) is 0 Å². The van der Waals surface area contributed by atoms with Gasteiger partial charge in [0.2, 0.25) is 0 Å². The second-order valence-corrected chi connectivity index (χ2v) is 7.72. The fourth-order valence-corrected chi connectivity index (χ4v) is 3.36. The van der Waals surface area contributed by atoms with Gasteiger partial charge >= 0.3 is 24.5 Å². The van der Waals surface area contributed by atoms with Crippen LogP contribution in [0.2, 0.25) is 5.02 Å². The number of hydrogen-bond donors (Lipinski definition) is 0. The lowest BCUT2D eigenvalue weighted by Crippen LogP contribution is -2.34. The number of anilines is 2. The molecule has 2 aromatic carbocycles. The fourth-order valence-electron chi connectivity index (χ4n) is 3.20. The topological polar surface area (TPSA) is 53.1 Å². The third-order valence-corrected chi connectivity index (χ3v) is 5.40. The van der Waals surface area contributed by atoms with E-state index in [0.717, 1.165) is 18.0 Å². The zero-order valence-electron chi connectivity index (χ0n) is 17.7. The van der Waals surface area contributed by atoms with Gasteiger partial charge in [0.1, 0.15) is 16.4 Å². The zero-order valence-corrected chi connectivity index (χ0v) is 18.4. The monoisotopic (exact) mass is 531 g/mol. The number of amides is 3. The first-order valence-corrected chi connectivity index (χ1v) is 9.86. The van der Waals surface area contributed by atoms with Crippen LogP contribution in [0.4, 0.5) is 56.1 Å². The third kappa shape index (κ3) is 5.06. The second kappa shape index (κ2) is 9.06. The van der Waals surface area contributed by atoms with E-state index in [4.69, 9.17) is 16.3 Å². The number of alkyl halides is 6. The van der Waals surface area contributed by atoms with Gasteiger partial charge in [0.15, 0.2) is 11.6 Å². The first-order chi connectivity index (χ1) is 16.0. The van der Waals surface area contributed by atoms with Crippen LogP contribution in [0.5, 0.6) is 5.75 Å². The highest BCUT2D eigenvalue weighted by Gasteiger charge is 2.43. The predicted molar refractivity (Wildman–Crippen MR) is 108 cm³/mol. The lowest BCUT2D eigenvalue weighted by atomic mass is 10.1. The van der Waals surface area contributed by atoms with Crippen LogP contribution < -0.4 is 14.5 Å². The Kier molecular flexibility index (Phi) is 6.81. The summed E-state index contributed by atoms with van der Waals surface area (Å²) in [5.41, 5.74) is -5.41. The molecule has 0 spiro atoms. The number of hydrogen-bond acceptors (Lipinski definition) is 3. The summed E-state index contributed by atoms with van der Waals surface area (Å²) in [7, 11) is 2.11. The van der Waals surface area contributed by atoms with E-state index in [0.29, 0.717) is 15.9 Å². The highest BCUT2D eigenvalue weighted by Crippen LogP contribution is 2.47. The maximum atomic E-state index is 14.3. The highest BCUT2D eigenvalue weighted by molar-refractivity contribution is 6.31. The van der Waals surface area contributed by atoms with E-state index < -0.39 is 69.4 Å². The van der Waals surface area contributed by atoms with Crippen LogP contribution in [-0.2, 0) is 12.4 Å². The molecule has 0 atom stereocenters. The van der Waals surface area contributed by atoms with Crippen molar-refractivity contribution in [1.82, 2.24) is 4.90 Å². The maximum absolute atomic E-state index is 14.3. The number of urea groups is 1. The SMILES string of the molecule is CN1CCN(c2cc(C(F)(F)F)cc(C(F)(F)F)c2OC(=O)N(C)c2ccc(F)c(Cl)c2F)C1=O. The highest BCUT2D eigenvalue weighted by atomic mass is 35.5. The molecule has 6 nitrogen and oxygen atoms in total. The Morgan fingerprint density at radius 3 is 2.20 bits per heavy atom. The molecule has 190 valence electrons. The average Bonchev–Trinajstić information content (AvgIpc) is 3.08. The molecule has 0 N–H and O–H groups in total. The summed E-state index contributed by atoms with van der Waals surface area (Å²) in [6.07, 6.45) is -12.4. The molecule has 0 unspecified atom stereocenters. The quantitative estimate of drug-likeness (QED) is 0.352. The lowest BCUT2D eigenvalue weighted by molar-refractivity contribution is -0.143. The van der Waals surface area contributed by atoms with Crippen molar-refractivity contribution in [2.75, 3.05) is 37.0 Å². The number of likely N-dealkylation sites (N-methyl/N-ethyl adjacent to an activating group) is 1. The summed E-state index contributed by atoms with van der Waals surface area (Å²) in [6, 6.07) is 0.443. The molecule has 1 fully saturated rings. The van der Waals surface area contributed by atoms with Crippen LogP contribution in [0.15, 0.2) is 24.3 Å². The number of rotatable bonds is 3. The lowest BCUT2D eigenvalue weighted by Gasteiger charge is -2.25. The van der Waals surface area contributed by atoms with Crippen molar-refractivity contribution in [1.29, 1.82) is 0 Å². The molecule has 1 aliphatic heterocycles. The summed E-state index contributed by atoms with van der Waals surface area (Å²) in [6.45, 7) is -0.348. The van der Waals surface area contributed by atoms with Gasteiger partial charge in [0.25, 0.3) is 0 Å². The summed E-state index contributed by atoms with van der Waals surface area (Å²) in [4.78, 5) is 27.0. The zero-order chi connectivity index (χ0) is 26.5. The van der Waals surface area contributed by atoms with Crippen molar-refractivity contribution in [3.8, 4) is 5.75 Å². The molecule has 1 aliphatic rings. The van der Waals surface area contributed by atoms with E-state index >= 15 is 0 Å². The van der Waals surface area contributed by atoms with Gasteiger partial charge in [0, 0.05) is 27.2 Å². The minimum atomic E-state index is -5.46. The van der Waals surface area contributed by atoms with Gasteiger partial charge in [-0.3, -0.25) is 9.80 Å². The van der Waals surface area contributed by atoms with E-state index in [1.54, 1.807) is 0 Å². The maximum Gasteiger partial charge on any atom is 0.420 e. The Bertz CT molecular complexity index is 1190. The molecule has 1 saturated heterocycles. The molecular weight excluding hydrogens is 518 g/mol. The van der Waals surface area contributed by atoms with Crippen LogP contribution in [-0.4, -0.2) is 44.2 Å². The number of carbonyl (C=O) groups is 2. The molecule has 0 aromatic heterocycles. The molecule has 2 aromatic rings. The summed E-state index contributed by atoms with van der Waals surface area (Å²) in [5, 5.41) is -1.01. The Morgan fingerprint density at radius 1 is 1.06 bits per heavy atom. The van der Waals surface area contributed by atoms with Gasteiger partial charge in [-0.15, -0.1) is 0 Å². The second-order valence-electron chi connectivity index (χ2n) is 7.34. The molecule has 35 heavy (non-hydrogen) atoms. The van der Waals surface area contributed by atoms with Crippen LogP contribution in [0.3, 0.4) is 0 Å². The molecule has 0 bridgehead atoms. The van der Waals surface area contributed by atoms with Crippen molar-refractivity contribution in [2.45, 2.75) is 12.4 Å². The van der Waals surface area contributed by atoms with E-state index in [9.17, 15) is 44.7 Å². The van der Waals surface area contributed by atoms with E-state index in [1.165, 1.54) is 7.05 Å². The minimum absolute atomic E-state index is 0.0387. The predicted octanol–water partition coefficient (Wildman–Crippen LogP) is 6.16. The molecule has 15 heteroatoms. The van der Waals surface area contributed by atoms with Gasteiger partial charge in [-0.05, 0) is 24.3 Å². The molecule has 1 heterocycles. The Labute approximate surface area is 197 Å². The van der Waals surface area contributed by atoms with Gasteiger partial charge < -0.3 is 9.64 Å². The number of benzene rings is 2. The molecule has 0 aliphatic carbocycles. The molecule has 3 amide bonds. The summed E-state index contributed by atoms with van der Waals surface area (Å²) < 4.78 is 114. The van der Waals surface area contributed by atoms with Gasteiger partial charge in [0.05, 0.1) is 16.9 Å². The van der Waals surface area contributed by atoms with Gasteiger partial charge in [-0.1, -0.05) is 11.6 Å². The van der Waals surface area contributed by atoms with E-state index in [1.807, 2.05) is 0 Å². The Hall–Kier alpha value is -3.29. The Morgan fingerprint density at radius 2 is 1.69 bits per heavy atom. The molecule has 0 saturated carbocycles. The van der Waals surface area contributed by atoms with Crippen molar-refractivity contribution < 1.29 is 49.4 Å². The largest absolute Gasteiger partial charge is 0.420 e. The number of carbonyl (C=O) groups excluding carboxylic acids is 2. The van der Waals surface area contributed by atoms with Gasteiger partial charge in [-0.2, -0.15) is 26.3 Å². The fraction of sp³-hybridized carbons (Fsp3) is 0.300. The molecular formula is C20H14ClF8N3O3. The van der Waals surface area contributed by atoms with Crippen LogP contribution >= 0.6 is 11.6 Å². The van der Waals surface area contributed by atoms with E-state index in [-0.39, 0.29) is 25.2 Å². The third-order valence-electron chi connectivity index (χ3n) is 5.05. The van der Waals surface area contributed by atoms with Crippen molar-refractivity contribution in [3.05, 3.63) is 52.0 Å². The number of nitrogens with zero attached hydrogens (tertiary/aromatic N) is 3. The van der Waals surface area contributed by atoms with Crippen LogP contribution in [0.1, 0.15) is 11.1 Å².